The van der Waals surface area contributed by atoms with Crippen molar-refractivity contribution < 1.29 is 0 Å². The highest BCUT2D eigenvalue weighted by atomic mass is 32.1. The summed E-state index contributed by atoms with van der Waals surface area (Å²) in [5.74, 6) is 0.441. The molecule has 0 amide bonds. The number of thiazole rings is 1. The standard InChI is InChI=1S/C12H15N5S/c1-7(2)5-11-10(6-13)15-16-17(11)12-14-8(3)9(4)18-12/h7H,5H2,1-4H3. The summed E-state index contributed by atoms with van der Waals surface area (Å²) in [5.41, 5.74) is 2.25. The molecule has 6 heteroatoms. The molecule has 0 bridgehead atoms. The van der Waals surface area contributed by atoms with Crippen LogP contribution in [0.25, 0.3) is 5.13 Å². The van der Waals surface area contributed by atoms with Crippen LogP contribution in [0.2, 0.25) is 0 Å². The van der Waals surface area contributed by atoms with Crippen molar-refractivity contribution in [2.45, 2.75) is 34.1 Å². The van der Waals surface area contributed by atoms with Crippen molar-refractivity contribution >= 4 is 11.3 Å². The summed E-state index contributed by atoms with van der Waals surface area (Å²) >= 11 is 1.57. The lowest BCUT2D eigenvalue weighted by Gasteiger charge is -2.05. The SMILES string of the molecule is Cc1nc(-n2nnc(C#N)c2CC(C)C)sc1C. The van der Waals surface area contributed by atoms with E-state index >= 15 is 0 Å². The zero-order chi connectivity index (χ0) is 13.3. The average Bonchev–Trinajstić information content (AvgIpc) is 2.83. The largest absolute Gasteiger partial charge is 0.223 e. The lowest BCUT2D eigenvalue weighted by Crippen LogP contribution is -2.06. The Kier molecular flexibility index (Phi) is 3.43. The van der Waals surface area contributed by atoms with Gasteiger partial charge in [0.05, 0.1) is 11.4 Å². The molecule has 0 aromatic carbocycles. The third kappa shape index (κ3) is 2.27. The maximum atomic E-state index is 9.07. The first-order valence-electron chi connectivity index (χ1n) is 5.82. The van der Waals surface area contributed by atoms with E-state index in [1.807, 2.05) is 13.8 Å². The van der Waals surface area contributed by atoms with E-state index < -0.39 is 0 Å². The van der Waals surface area contributed by atoms with Crippen molar-refractivity contribution in [1.29, 1.82) is 5.26 Å². The molecule has 2 aromatic rings. The Morgan fingerprint density at radius 1 is 1.39 bits per heavy atom. The number of hydrogen-bond donors (Lipinski definition) is 0. The van der Waals surface area contributed by atoms with Crippen LogP contribution in [-0.2, 0) is 6.42 Å². The van der Waals surface area contributed by atoms with Crippen LogP contribution in [-0.4, -0.2) is 20.0 Å². The molecule has 94 valence electrons. The molecule has 2 heterocycles. The smallest absolute Gasteiger partial charge is 0.212 e. The second-order valence-electron chi connectivity index (χ2n) is 4.64. The minimum atomic E-state index is 0.397. The Hall–Kier alpha value is -1.74. The van der Waals surface area contributed by atoms with Crippen LogP contribution >= 0.6 is 11.3 Å². The van der Waals surface area contributed by atoms with Gasteiger partial charge in [-0.05, 0) is 26.2 Å². The van der Waals surface area contributed by atoms with Crippen molar-refractivity contribution in [3.05, 3.63) is 22.0 Å². The van der Waals surface area contributed by atoms with Crippen LogP contribution in [0, 0.1) is 31.1 Å². The number of nitriles is 1. The molecule has 0 aliphatic heterocycles. The van der Waals surface area contributed by atoms with Crippen LogP contribution < -0.4 is 0 Å². The Morgan fingerprint density at radius 2 is 2.11 bits per heavy atom. The fourth-order valence-corrected chi connectivity index (χ4v) is 2.54. The van der Waals surface area contributed by atoms with Crippen LogP contribution in [0.15, 0.2) is 0 Å². The predicted octanol–water partition coefficient (Wildman–Crippen LogP) is 2.41. The van der Waals surface area contributed by atoms with Crippen molar-refractivity contribution in [3.8, 4) is 11.2 Å². The molecule has 5 nitrogen and oxygen atoms in total. The molecule has 0 saturated carbocycles. The minimum Gasteiger partial charge on any atom is -0.223 e. The molecule has 0 radical (unpaired) electrons. The lowest BCUT2D eigenvalue weighted by molar-refractivity contribution is 0.613. The molecule has 0 spiro atoms. The van der Waals surface area contributed by atoms with Crippen LogP contribution in [0.1, 0.15) is 35.8 Å². The van der Waals surface area contributed by atoms with E-state index in [1.54, 1.807) is 16.0 Å². The third-order valence-electron chi connectivity index (χ3n) is 2.67. The van der Waals surface area contributed by atoms with E-state index in [2.05, 4.69) is 35.2 Å². The van der Waals surface area contributed by atoms with Gasteiger partial charge >= 0.3 is 0 Å². The summed E-state index contributed by atoms with van der Waals surface area (Å²) < 4.78 is 1.70. The first kappa shape index (κ1) is 12.7. The molecule has 2 aromatic heterocycles. The maximum Gasteiger partial charge on any atom is 0.212 e. The maximum absolute atomic E-state index is 9.07. The summed E-state index contributed by atoms with van der Waals surface area (Å²) in [5, 5.41) is 17.8. The third-order valence-corrected chi connectivity index (χ3v) is 3.72. The highest BCUT2D eigenvalue weighted by molar-refractivity contribution is 7.14. The normalized spacial score (nSPS) is 10.9. The molecule has 2 rings (SSSR count). The molecule has 0 saturated heterocycles. The van der Waals surface area contributed by atoms with Gasteiger partial charge in [-0.25, -0.2) is 4.98 Å². The Labute approximate surface area is 110 Å². The summed E-state index contributed by atoms with van der Waals surface area (Å²) in [6, 6.07) is 2.09. The summed E-state index contributed by atoms with van der Waals surface area (Å²) in [7, 11) is 0. The second-order valence-corrected chi connectivity index (χ2v) is 5.83. The van der Waals surface area contributed by atoms with Crippen molar-refractivity contribution in [3.63, 3.8) is 0 Å². The highest BCUT2D eigenvalue weighted by Gasteiger charge is 2.17. The number of aryl methyl sites for hydroxylation is 2. The molecule has 0 fully saturated rings. The first-order valence-corrected chi connectivity index (χ1v) is 6.63. The van der Waals surface area contributed by atoms with Crippen LogP contribution in [0.3, 0.4) is 0 Å². The van der Waals surface area contributed by atoms with Crippen molar-refractivity contribution in [1.82, 2.24) is 20.0 Å². The molecular formula is C12H15N5S. The summed E-state index contributed by atoms with van der Waals surface area (Å²) in [6.45, 7) is 8.22. The van der Waals surface area contributed by atoms with Gasteiger partial charge < -0.3 is 0 Å². The van der Waals surface area contributed by atoms with Gasteiger partial charge in [0.1, 0.15) is 6.07 Å². The fraction of sp³-hybridized carbons (Fsp3) is 0.500. The van der Waals surface area contributed by atoms with E-state index in [-0.39, 0.29) is 0 Å². The zero-order valence-electron chi connectivity index (χ0n) is 10.9. The number of hydrogen-bond acceptors (Lipinski definition) is 5. The Bertz CT molecular complexity index is 583. The number of rotatable bonds is 3. The molecule has 18 heavy (non-hydrogen) atoms. The van der Waals surface area contributed by atoms with E-state index in [4.69, 9.17) is 5.26 Å². The monoisotopic (exact) mass is 261 g/mol. The summed E-state index contributed by atoms with van der Waals surface area (Å²) in [6.07, 6.45) is 0.771. The number of aromatic nitrogens is 4. The molecule has 0 aliphatic carbocycles. The van der Waals surface area contributed by atoms with E-state index in [1.165, 1.54) is 0 Å². The minimum absolute atomic E-state index is 0.397. The fourth-order valence-electron chi connectivity index (χ4n) is 1.66. The van der Waals surface area contributed by atoms with E-state index in [9.17, 15) is 0 Å². The van der Waals surface area contributed by atoms with Gasteiger partial charge in [-0.15, -0.1) is 5.10 Å². The van der Waals surface area contributed by atoms with E-state index in [0.29, 0.717) is 11.6 Å². The molecule has 0 atom stereocenters. The van der Waals surface area contributed by atoms with Gasteiger partial charge in [0.25, 0.3) is 0 Å². The predicted molar refractivity (Wildman–Crippen MR) is 69.8 cm³/mol. The van der Waals surface area contributed by atoms with Gasteiger partial charge in [-0.1, -0.05) is 30.4 Å². The van der Waals surface area contributed by atoms with Gasteiger partial charge in [0.15, 0.2) is 5.69 Å². The van der Waals surface area contributed by atoms with Gasteiger partial charge in [0.2, 0.25) is 5.13 Å². The average molecular weight is 261 g/mol. The molecule has 0 N–H and O–H groups in total. The molecule has 0 aliphatic rings. The second kappa shape index (κ2) is 4.86. The van der Waals surface area contributed by atoms with Crippen LogP contribution in [0.5, 0.6) is 0 Å². The zero-order valence-corrected chi connectivity index (χ0v) is 11.7. The Balaban J connectivity index is 2.51. The van der Waals surface area contributed by atoms with Crippen molar-refractivity contribution in [2.24, 2.45) is 5.92 Å². The van der Waals surface area contributed by atoms with Crippen LogP contribution in [0.4, 0.5) is 0 Å². The summed E-state index contributed by atoms with van der Waals surface area (Å²) in [4.78, 5) is 5.63. The van der Waals surface area contributed by atoms with Gasteiger partial charge in [0, 0.05) is 4.88 Å². The Morgan fingerprint density at radius 3 is 2.61 bits per heavy atom. The topological polar surface area (TPSA) is 67.4 Å². The quantitative estimate of drug-likeness (QED) is 0.851. The first-order chi connectivity index (χ1) is 8.52. The van der Waals surface area contributed by atoms with Crippen molar-refractivity contribution in [2.75, 3.05) is 0 Å². The lowest BCUT2D eigenvalue weighted by atomic mass is 10.1. The van der Waals surface area contributed by atoms with Gasteiger partial charge in [-0.3, -0.25) is 0 Å². The number of nitrogens with zero attached hydrogens (tertiary/aromatic N) is 5. The van der Waals surface area contributed by atoms with Gasteiger partial charge in [-0.2, -0.15) is 9.94 Å². The molecule has 0 unspecified atom stereocenters. The highest BCUT2D eigenvalue weighted by Crippen LogP contribution is 2.23. The van der Waals surface area contributed by atoms with E-state index in [0.717, 1.165) is 27.8 Å². The molecular weight excluding hydrogens is 246 g/mol.